The fourth-order valence-corrected chi connectivity index (χ4v) is 1.67. The van der Waals surface area contributed by atoms with Crippen molar-refractivity contribution in [3.63, 3.8) is 0 Å². The lowest BCUT2D eigenvalue weighted by Crippen LogP contribution is -2.33. The van der Waals surface area contributed by atoms with Crippen LogP contribution < -0.4 is 4.74 Å². The van der Waals surface area contributed by atoms with E-state index in [1.807, 2.05) is 13.0 Å². The molecule has 4 nitrogen and oxygen atoms in total. The highest BCUT2D eigenvalue weighted by Gasteiger charge is 2.17. The number of likely N-dealkylation sites (N-methyl/N-ethyl adjacent to an activating group) is 1. The number of carbonyl (C=O) groups excluding carboxylic acids is 1. The molecule has 1 amide bonds. The van der Waals surface area contributed by atoms with Gasteiger partial charge in [0, 0.05) is 13.6 Å². The number of amides is 1. The molecule has 0 aromatic heterocycles. The molecular formula is C13H19NO3. The molecule has 0 spiro atoms. The van der Waals surface area contributed by atoms with Crippen molar-refractivity contribution in [1.82, 2.24) is 4.90 Å². The monoisotopic (exact) mass is 237 g/mol. The first kappa shape index (κ1) is 13.5. The van der Waals surface area contributed by atoms with Gasteiger partial charge in [0.2, 0.25) is 0 Å². The molecule has 1 atom stereocenters. The SMILES string of the molecule is COc1ccc(C)cc1C(=O)N(C)CC(C)O. The molecule has 0 fully saturated rings. The molecule has 0 saturated carbocycles. The summed E-state index contributed by atoms with van der Waals surface area (Å²) >= 11 is 0. The Morgan fingerprint density at radius 1 is 1.53 bits per heavy atom. The highest BCUT2D eigenvalue weighted by atomic mass is 16.5. The predicted molar refractivity (Wildman–Crippen MR) is 66.4 cm³/mol. The summed E-state index contributed by atoms with van der Waals surface area (Å²) in [7, 11) is 3.20. The lowest BCUT2D eigenvalue weighted by Gasteiger charge is -2.20. The first-order valence-corrected chi connectivity index (χ1v) is 5.54. The molecule has 1 aromatic carbocycles. The molecule has 0 aliphatic rings. The number of rotatable bonds is 4. The summed E-state index contributed by atoms with van der Waals surface area (Å²) in [6.45, 7) is 3.87. The van der Waals surface area contributed by atoms with Crippen molar-refractivity contribution in [2.75, 3.05) is 20.7 Å². The molecule has 1 N–H and O–H groups in total. The standard InChI is InChI=1S/C13H19NO3/c1-9-5-6-12(17-4)11(7-9)13(16)14(3)8-10(2)15/h5-7,10,15H,8H2,1-4H3. The van der Waals surface area contributed by atoms with Crippen molar-refractivity contribution in [1.29, 1.82) is 0 Å². The lowest BCUT2D eigenvalue weighted by molar-refractivity contribution is 0.0700. The van der Waals surface area contributed by atoms with E-state index < -0.39 is 6.10 Å². The van der Waals surface area contributed by atoms with Crippen LogP contribution in [0.25, 0.3) is 0 Å². The first-order chi connectivity index (χ1) is 7.95. The summed E-state index contributed by atoms with van der Waals surface area (Å²) in [4.78, 5) is 13.6. The second-order valence-corrected chi connectivity index (χ2v) is 4.24. The van der Waals surface area contributed by atoms with E-state index in [0.717, 1.165) is 5.56 Å². The third-order valence-corrected chi connectivity index (χ3v) is 2.47. The highest BCUT2D eigenvalue weighted by Crippen LogP contribution is 2.21. The van der Waals surface area contributed by atoms with Gasteiger partial charge in [-0.15, -0.1) is 0 Å². The summed E-state index contributed by atoms with van der Waals surface area (Å²) in [6.07, 6.45) is -0.542. The zero-order valence-corrected chi connectivity index (χ0v) is 10.7. The van der Waals surface area contributed by atoms with Crippen LogP contribution in [-0.2, 0) is 0 Å². The molecular weight excluding hydrogens is 218 g/mol. The Hall–Kier alpha value is -1.55. The van der Waals surface area contributed by atoms with Gasteiger partial charge in [-0.1, -0.05) is 11.6 Å². The van der Waals surface area contributed by atoms with Crippen LogP contribution in [-0.4, -0.2) is 42.7 Å². The van der Waals surface area contributed by atoms with Gasteiger partial charge in [-0.25, -0.2) is 0 Å². The van der Waals surface area contributed by atoms with Gasteiger partial charge in [0.15, 0.2) is 0 Å². The van der Waals surface area contributed by atoms with Crippen molar-refractivity contribution < 1.29 is 14.6 Å². The van der Waals surface area contributed by atoms with Crippen molar-refractivity contribution in [2.45, 2.75) is 20.0 Å². The Bertz CT molecular complexity index is 402. The number of aliphatic hydroxyl groups is 1. The Kier molecular flexibility index (Phi) is 4.52. The summed E-state index contributed by atoms with van der Waals surface area (Å²) in [5, 5.41) is 9.27. The third-order valence-electron chi connectivity index (χ3n) is 2.47. The van der Waals surface area contributed by atoms with Crippen molar-refractivity contribution in [2.24, 2.45) is 0 Å². The fraction of sp³-hybridized carbons (Fsp3) is 0.462. The molecule has 4 heteroatoms. The molecule has 0 heterocycles. The molecule has 0 aliphatic carbocycles. The molecule has 94 valence electrons. The van der Waals surface area contributed by atoms with E-state index in [2.05, 4.69) is 0 Å². The number of hydrogen-bond donors (Lipinski definition) is 1. The van der Waals surface area contributed by atoms with Gasteiger partial charge in [0.05, 0.1) is 18.8 Å². The second kappa shape index (κ2) is 5.68. The quantitative estimate of drug-likeness (QED) is 0.862. The van der Waals surface area contributed by atoms with Crippen LogP contribution in [0.3, 0.4) is 0 Å². The van der Waals surface area contributed by atoms with Crippen LogP contribution in [0.15, 0.2) is 18.2 Å². The van der Waals surface area contributed by atoms with Crippen LogP contribution in [0.2, 0.25) is 0 Å². The van der Waals surface area contributed by atoms with E-state index >= 15 is 0 Å². The minimum absolute atomic E-state index is 0.147. The Labute approximate surface area is 102 Å². The van der Waals surface area contributed by atoms with E-state index in [-0.39, 0.29) is 5.91 Å². The summed E-state index contributed by atoms with van der Waals surface area (Å²) in [5.74, 6) is 0.407. The van der Waals surface area contributed by atoms with Gasteiger partial charge in [-0.3, -0.25) is 4.79 Å². The third kappa shape index (κ3) is 3.46. The van der Waals surface area contributed by atoms with Crippen LogP contribution in [0, 0.1) is 6.92 Å². The maximum Gasteiger partial charge on any atom is 0.257 e. The van der Waals surface area contributed by atoms with E-state index in [9.17, 15) is 9.90 Å². The molecule has 1 unspecified atom stereocenters. The largest absolute Gasteiger partial charge is 0.496 e. The van der Waals surface area contributed by atoms with Gasteiger partial charge in [-0.2, -0.15) is 0 Å². The van der Waals surface area contributed by atoms with Crippen LogP contribution in [0.1, 0.15) is 22.8 Å². The minimum atomic E-state index is -0.542. The molecule has 0 aliphatic heterocycles. The average Bonchev–Trinajstić information content (AvgIpc) is 2.27. The van der Waals surface area contributed by atoms with Crippen LogP contribution >= 0.6 is 0 Å². The Morgan fingerprint density at radius 3 is 2.71 bits per heavy atom. The number of aliphatic hydroxyl groups excluding tert-OH is 1. The van der Waals surface area contributed by atoms with Crippen molar-refractivity contribution >= 4 is 5.91 Å². The number of nitrogens with zero attached hydrogens (tertiary/aromatic N) is 1. The van der Waals surface area contributed by atoms with E-state index in [4.69, 9.17) is 4.74 Å². The number of carbonyl (C=O) groups is 1. The van der Waals surface area contributed by atoms with Crippen molar-refractivity contribution in [3.8, 4) is 5.75 Å². The van der Waals surface area contributed by atoms with Crippen LogP contribution in [0.4, 0.5) is 0 Å². The molecule has 0 saturated heterocycles. The zero-order valence-electron chi connectivity index (χ0n) is 10.7. The molecule has 1 aromatic rings. The number of aryl methyl sites for hydroxylation is 1. The normalized spacial score (nSPS) is 12.1. The number of benzene rings is 1. The number of methoxy groups -OCH3 is 1. The van der Waals surface area contributed by atoms with Crippen molar-refractivity contribution in [3.05, 3.63) is 29.3 Å². The first-order valence-electron chi connectivity index (χ1n) is 5.54. The van der Waals surface area contributed by atoms with Crippen LogP contribution in [0.5, 0.6) is 5.75 Å². The molecule has 17 heavy (non-hydrogen) atoms. The van der Waals surface area contributed by atoms with Gasteiger partial charge in [-0.05, 0) is 26.0 Å². The molecule has 0 radical (unpaired) electrons. The topological polar surface area (TPSA) is 49.8 Å². The van der Waals surface area contributed by atoms with E-state index in [0.29, 0.717) is 17.9 Å². The van der Waals surface area contributed by atoms with E-state index in [1.165, 1.54) is 12.0 Å². The van der Waals surface area contributed by atoms with Gasteiger partial charge in [0.25, 0.3) is 5.91 Å². The second-order valence-electron chi connectivity index (χ2n) is 4.24. The van der Waals surface area contributed by atoms with Gasteiger partial charge < -0.3 is 14.7 Å². The number of hydrogen-bond acceptors (Lipinski definition) is 3. The Morgan fingerprint density at radius 2 is 2.18 bits per heavy atom. The zero-order chi connectivity index (χ0) is 13.0. The summed E-state index contributed by atoms with van der Waals surface area (Å²) in [5.41, 5.74) is 1.52. The highest BCUT2D eigenvalue weighted by molar-refractivity contribution is 5.97. The average molecular weight is 237 g/mol. The van der Waals surface area contributed by atoms with Gasteiger partial charge in [0.1, 0.15) is 5.75 Å². The number of ether oxygens (including phenoxy) is 1. The summed E-state index contributed by atoms with van der Waals surface area (Å²) < 4.78 is 5.17. The maximum atomic E-state index is 12.1. The predicted octanol–water partition coefficient (Wildman–Crippen LogP) is 1.46. The lowest BCUT2D eigenvalue weighted by atomic mass is 10.1. The fourth-order valence-electron chi connectivity index (χ4n) is 1.67. The summed E-state index contributed by atoms with van der Waals surface area (Å²) in [6, 6.07) is 5.46. The maximum absolute atomic E-state index is 12.1. The smallest absolute Gasteiger partial charge is 0.257 e. The van der Waals surface area contributed by atoms with Gasteiger partial charge >= 0.3 is 0 Å². The Balaban J connectivity index is 2.98. The minimum Gasteiger partial charge on any atom is -0.496 e. The molecule has 0 bridgehead atoms. The van der Waals surface area contributed by atoms with E-state index in [1.54, 1.807) is 26.1 Å². The molecule has 1 rings (SSSR count).